The molecule has 0 spiro atoms. The van der Waals surface area contributed by atoms with Crippen molar-refractivity contribution in [2.24, 2.45) is 11.8 Å². The molecule has 36 heavy (non-hydrogen) atoms. The van der Waals surface area contributed by atoms with Gasteiger partial charge in [0, 0.05) is 37.1 Å². The lowest BCUT2D eigenvalue weighted by molar-refractivity contribution is -0.143. The number of nitrogens with one attached hydrogen (secondary N) is 2. The van der Waals surface area contributed by atoms with E-state index in [0.717, 1.165) is 54.7 Å². The van der Waals surface area contributed by atoms with Crippen molar-refractivity contribution in [1.82, 2.24) is 20.1 Å². The number of rotatable bonds is 9. The molecule has 5 rings (SSSR count). The highest BCUT2D eigenvalue weighted by Gasteiger charge is 2.36. The molecule has 0 amide bonds. The Morgan fingerprint density at radius 2 is 1.56 bits per heavy atom. The highest BCUT2D eigenvalue weighted by molar-refractivity contribution is 5.78. The number of hydrogen-bond donors (Lipinski definition) is 2. The van der Waals surface area contributed by atoms with Crippen LogP contribution in [0.4, 0.5) is 32.2 Å². The van der Waals surface area contributed by atoms with Gasteiger partial charge in [0.2, 0.25) is 0 Å². The van der Waals surface area contributed by atoms with Crippen molar-refractivity contribution in [1.29, 1.82) is 0 Å². The summed E-state index contributed by atoms with van der Waals surface area (Å²) in [6, 6.07) is 3.58. The Bertz CT molecular complexity index is 1190. The molecule has 0 bridgehead atoms. The Morgan fingerprint density at radius 1 is 0.861 bits per heavy atom. The third-order valence-corrected chi connectivity index (χ3v) is 6.89. The van der Waals surface area contributed by atoms with Crippen LogP contribution in [-0.4, -0.2) is 21.3 Å². The van der Waals surface area contributed by atoms with E-state index >= 15 is 0 Å². The van der Waals surface area contributed by atoms with Crippen LogP contribution in [0, 0.1) is 11.8 Å². The molecule has 5 nitrogen and oxygen atoms in total. The second-order valence-corrected chi connectivity index (χ2v) is 9.87. The summed E-state index contributed by atoms with van der Waals surface area (Å²) in [7, 11) is 0. The van der Waals surface area contributed by atoms with Crippen LogP contribution in [0.5, 0.6) is 0 Å². The molecule has 0 unspecified atom stereocenters. The van der Waals surface area contributed by atoms with Crippen LogP contribution in [0.1, 0.15) is 54.4 Å². The van der Waals surface area contributed by atoms with Gasteiger partial charge in [-0.2, -0.15) is 31.4 Å². The summed E-state index contributed by atoms with van der Waals surface area (Å²) in [6.07, 6.45) is -2.12. The highest BCUT2D eigenvalue weighted by atomic mass is 19.4. The van der Waals surface area contributed by atoms with Crippen molar-refractivity contribution in [3.05, 3.63) is 52.7 Å². The fourth-order valence-corrected chi connectivity index (χ4v) is 4.42. The predicted molar refractivity (Wildman–Crippen MR) is 123 cm³/mol. The fourth-order valence-electron chi connectivity index (χ4n) is 4.42. The van der Waals surface area contributed by atoms with Crippen LogP contribution in [0.25, 0.3) is 11.0 Å². The summed E-state index contributed by atoms with van der Waals surface area (Å²) in [5.41, 5.74) is -1.16. The predicted octanol–water partition coefficient (Wildman–Crippen LogP) is 6.38. The number of alkyl halides is 6. The van der Waals surface area contributed by atoms with E-state index < -0.39 is 23.5 Å². The van der Waals surface area contributed by atoms with E-state index in [1.165, 1.54) is 19.3 Å². The molecule has 2 aliphatic rings. The summed E-state index contributed by atoms with van der Waals surface area (Å²) in [5, 5.41) is 11.7. The average Bonchev–Trinajstić information content (AvgIpc) is 3.51. The minimum atomic E-state index is -4.87. The first-order valence-electron chi connectivity index (χ1n) is 12.1. The van der Waals surface area contributed by atoms with Crippen molar-refractivity contribution < 1.29 is 26.3 Å². The summed E-state index contributed by atoms with van der Waals surface area (Å²) in [4.78, 5) is 4.82. The van der Waals surface area contributed by atoms with Crippen molar-refractivity contribution in [3.8, 4) is 0 Å². The molecule has 2 fully saturated rings. The zero-order valence-electron chi connectivity index (χ0n) is 19.5. The number of anilines is 1. The molecule has 0 aliphatic heterocycles. The molecule has 1 aromatic carbocycles. The van der Waals surface area contributed by atoms with E-state index in [4.69, 9.17) is 4.98 Å². The molecular weight excluding hydrogens is 484 g/mol. The van der Waals surface area contributed by atoms with Gasteiger partial charge in [-0.15, -0.1) is 0 Å². The number of nitrogens with zero attached hydrogens (tertiary/aromatic N) is 3. The molecule has 0 saturated heterocycles. The zero-order valence-corrected chi connectivity index (χ0v) is 19.5. The van der Waals surface area contributed by atoms with E-state index in [1.807, 2.05) is 10.7 Å². The molecule has 2 aromatic heterocycles. The van der Waals surface area contributed by atoms with Gasteiger partial charge in [-0.3, -0.25) is 0 Å². The van der Waals surface area contributed by atoms with Crippen LogP contribution in [0.3, 0.4) is 0 Å². The van der Waals surface area contributed by atoms with Gasteiger partial charge in [0.05, 0.1) is 17.3 Å². The zero-order chi connectivity index (χ0) is 25.5. The average molecular weight is 512 g/mol. The maximum Gasteiger partial charge on any atom is 0.416 e. The first-order chi connectivity index (χ1) is 17.1. The SMILES string of the molecule is FC(F)(F)c1cc(CNCc2cc3cnn(CC4CC4)c3nc2NCC2CCC2)cc(C(F)(F)F)c1. The maximum atomic E-state index is 13.2. The normalized spacial score (nSPS) is 16.9. The lowest BCUT2D eigenvalue weighted by atomic mass is 9.85. The van der Waals surface area contributed by atoms with Crippen LogP contribution < -0.4 is 10.6 Å². The fraction of sp³-hybridized carbons (Fsp3) is 0.520. The van der Waals surface area contributed by atoms with Gasteiger partial charge >= 0.3 is 12.4 Å². The summed E-state index contributed by atoms with van der Waals surface area (Å²) >= 11 is 0. The number of aromatic nitrogens is 3. The first-order valence-corrected chi connectivity index (χ1v) is 12.1. The Hall–Kier alpha value is -2.82. The van der Waals surface area contributed by atoms with Crippen LogP contribution in [0.2, 0.25) is 0 Å². The van der Waals surface area contributed by atoms with E-state index in [1.54, 1.807) is 6.20 Å². The smallest absolute Gasteiger partial charge is 0.369 e. The number of fused-ring (bicyclic) bond motifs is 1. The van der Waals surface area contributed by atoms with Gasteiger partial charge in [0.1, 0.15) is 5.82 Å². The molecule has 0 radical (unpaired) electrons. The van der Waals surface area contributed by atoms with E-state index in [9.17, 15) is 26.3 Å². The first kappa shape index (κ1) is 24.9. The minimum Gasteiger partial charge on any atom is -0.369 e. The van der Waals surface area contributed by atoms with Gasteiger partial charge in [0.25, 0.3) is 0 Å². The van der Waals surface area contributed by atoms with Crippen LogP contribution in [0.15, 0.2) is 30.5 Å². The Morgan fingerprint density at radius 3 is 2.14 bits per heavy atom. The number of hydrogen-bond acceptors (Lipinski definition) is 4. The molecular formula is C25H27F6N5. The maximum absolute atomic E-state index is 13.2. The molecule has 11 heteroatoms. The van der Waals surface area contributed by atoms with Gasteiger partial charge < -0.3 is 10.6 Å². The van der Waals surface area contributed by atoms with E-state index in [-0.39, 0.29) is 24.7 Å². The van der Waals surface area contributed by atoms with Gasteiger partial charge in [-0.25, -0.2) is 9.67 Å². The topological polar surface area (TPSA) is 54.8 Å². The largest absolute Gasteiger partial charge is 0.416 e. The monoisotopic (exact) mass is 511 g/mol. The summed E-state index contributed by atoms with van der Waals surface area (Å²) < 4.78 is 81.0. The lowest BCUT2D eigenvalue weighted by Gasteiger charge is -2.26. The van der Waals surface area contributed by atoms with Crippen molar-refractivity contribution >= 4 is 16.9 Å². The number of halogens is 6. The lowest BCUT2D eigenvalue weighted by Crippen LogP contribution is -2.23. The van der Waals surface area contributed by atoms with Crippen molar-refractivity contribution in [2.45, 2.75) is 64.1 Å². The second-order valence-electron chi connectivity index (χ2n) is 9.87. The third kappa shape index (κ3) is 5.77. The van der Waals surface area contributed by atoms with Crippen LogP contribution in [-0.2, 0) is 32.0 Å². The standard InChI is InChI=1S/C25H27F6N5/c26-24(27,28)20-6-17(7-21(9-20)25(29,30)31)10-32-12-18-8-19-13-34-36(14-16-4-5-16)23(19)35-22(18)33-11-15-2-1-3-15/h6-9,13,15-16,32H,1-5,10-12,14H2,(H,33,35). The van der Waals surface area contributed by atoms with E-state index in [0.29, 0.717) is 17.7 Å². The Kier molecular flexibility index (Phi) is 6.61. The number of benzene rings is 1. The highest BCUT2D eigenvalue weighted by Crippen LogP contribution is 2.36. The third-order valence-electron chi connectivity index (χ3n) is 6.89. The molecule has 2 N–H and O–H groups in total. The van der Waals surface area contributed by atoms with Gasteiger partial charge in [-0.1, -0.05) is 6.42 Å². The van der Waals surface area contributed by atoms with Crippen LogP contribution >= 0.6 is 0 Å². The molecule has 194 valence electrons. The summed E-state index contributed by atoms with van der Waals surface area (Å²) in [5.74, 6) is 1.86. The quantitative estimate of drug-likeness (QED) is 0.328. The molecule has 2 heterocycles. The van der Waals surface area contributed by atoms with E-state index in [2.05, 4.69) is 15.7 Å². The minimum absolute atomic E-state index is 0.0904. The molecule has 0 atom stereocenters. The molecule has 2 saturated carbocycles. The summed E-state index contributed by atoms with van der Waals surface area (Å²) in [6.45, 7) is 1.65. The van der Waals surface area contributed by atoms with Crippen molar-refractivity contribution in [2.75, 3.05) is 11.9 Å². The Balaban J connectivity index is 1.35. The molecule has 2 aliphatic carbocycles. The van der Waals surface area contributed by atoms with Gasteiger partial charge in [-0.05, 0) is 67.3 Å². The second kappa shape index (κ2) is 9.57. The van der Waals surface area contributed by atoms with Gasteiger partial charge in [0.15, 0.2) is 5.65 Å². The molecule has 3 aromatic rings. The number of pyridine rings is 1. The Labute approximate surface area is 204 Å². The van der Waals surface area contributed by atoms with Crippen molar-refractivity contribution in [3.63, 3.8) is 0 Å².